The number of benzene rings is 3. The molecule has 9 nitrogen and oxygen atoms in total. The topological polar surface area (TPSA) is 114 Å². The first-order valence-electron chi connectivity index (χ1n) is 13.8. The van der Waals surface area contributed by atoms with Crippen molar-refractivity contribution in [2.75, 3.05) is 26.4 Å². The summed E-state index contributed by atoms with van der Waals surface area (Å²) in [7, 11) is 0. The van der Waals surface area contributed by atoms with Crippen LogP contribution in [0, 0.1) is 0 Å². The molecule has 0 fully saturated rings. The van der Waals surface area contributed by atoms with Crippen molar-refractivity contribution in [2.24, 2.45) is 0 Å². The van der Waals surface area contributed by atoms with Crippen LogP contribution in [0.4, 0.5) is 0 Å². The summed E-state index contributed by atoms with van der Waals surface area (Å²) >= 11 is 0. The molecular formula is C34H34O9. The van der Waals surface area contributed by atoms with E-state index in [1.807, 2.05) is 0 Å². The van der Waals surface area contributed by atoms with Gasteiger partial charge in [0.2, 0.25) is 0 Å². The Balaban J connectivity index is 1.40. The summed E-state index contributed by atoms with van der Waals surface area (Å²) in [6, 6.07) is 19.7. The van der Waals surface area contributed by atoms with Crippen molar-refractivity contribution in [1.29, 1.82) is 0 Å². The highest BCUT2D eigenvalue weighted by molar-refractivity contribution is 6.09. The number of unbranched alkanes of at least 4 members (excludes halogenated alkanes) is 2. The standard InChI is InChI=1S/C34H34O9/c1-3-31(35)41-23-7-5-21-39-28-15-9-25(10-16-28)33(37)26-11-19-30(20-12-26)43-34(38)27-13-17-29(18-14-27)40-22-6-8-24-42-32(36)4-2/h3-4,9-20H,1-2,5-8,21-24H2. The number of ketones is 1. The van der Waals surface area contributed by atoms with Crippen LogP contribution < -0.4 is 14.2 Å². The van der Waals surface area contributed by atoms with Crippen LogP contribution in [0.25, 0.3) is 0 Å². The van der Waals surface area contributed by atoms with Crippen molar-refractivity contribution in [3.8, 4) is 17.2 Å². The van der Waals surface area contributed by atoms with Crippen molar-refractivity contribution >= 4 is 23.7 Å². The van der Waals surface area contributed by atoms with E-state index in [0.29, 0.717) is 86.0 Å². The molecule has 0 aliphatic heterocycles. The van der Waals surface area contributed by atoms with Crippen LogP contribution >= 0.6 is 0 Å². The molecule has 3 aromatic carbocycles. The molecule has 0 aromatic heterocycles. The molecule has 3 aromatic rings. The van der Waals surface area contributed by atoms with Crippen LogP contribution in [0.2, 0.25) is 0 Å². The fraction of sp³-hybridized carbons (Fsp3) is 0.235. The van der Waals surface area contributed by atoms with E-state index in [-0.39, 0.29) is 5.78 Å². The minimum Gasteiger partial charge on any atom is -0.494 e. The number of rotatable bonds is 18. The molecule has 224 valence electrons. The lowest BCUT2D eigenvalue weighted by Gasteiger charge is -2.09. The monoisotopic (exact) mass is 586 g/mol. The Morgan fingerprint density at radius 1 is 0.512 bits per heavy atom. The SMILES string of the molecule is C=CC(=O)OCCCCOc1ccc(C(=O)Oc2ccc(C(=O)c3ccc(OCCCCOC(=O)C=C)cc3)cc2)cc1. The maximum Gasteiger partial charge on any atom is 0.343 e. The van der Waals surface area contributed by atoms with E-state index in [0.717, 1.165) is 12.2 Å². The molecular weight excluding hydrogens is 552 g/mol. The van der Waals surface area contributed by atoms with Crippen LogP contribution in [-0.4, -0.2) is 50.1 Å². The number of carbonyl (C=O) groups is 4. The predicted octanol–water partition coefficient (Wildman–Crippen LogP) is 5.91. The van der Waals surface area contributed by atoms with Crippen LogP contribution in [0.5, 0.6) is 17.2 Å². The van der Waals surface area contributed by atoms with E-state index in [9.17, 15) is 19.2 Å². The quantitative estimate of drug-likeness (QED) is 0.0590. The van der Waals surface area contributed by atoms with Gasteiger partial charge >= 0.3 is 17.9 Å². The lowest BCUT2D eigenvalue weighted by molar-refractivity contribution is -0.138. The zero-order chi connectivity index (χ0) is 30.9. The fourth-order valence-electron chi connectivity index (χ4n) is 3.65. The lowest BCUT2D eigenvalue weighted by Crippen LogP contribution is -2.09. The Morgan fingerprint density at radius 3 is 1.30 bits per heavy atom. The van der Waals surface area contributed by atoms with Crippen molar-refractivity contribution in [2.45, 2.75) is 25.7 Å². The van der Waals surface area contributed by atoms with Gasteiger partial charge in [0.05, 0.1) is 32.0 Å². The van der Waals surface area contributed by atoms with Gasteiger partial charge < -0.3 is 23.7 Å². The largest absolute Gasteiger partial charge is 0.494 e. The molecule has 0 spiro atoms. The van der Waals surface area contributed by atoms with Crippen molar-refractivity contribution < 1.29 is 42.9 Å². The average molecular weight is 587 g/mol. The smallest absolute Gasteiger partial charge is 0.343 e. The van der Waals surface area contributed by atoms with Gasteiger partial charge in [0, 0.05) is 23.3 Å². The molecule has 0 N–H and O–H groups in total. The van der Waals surface area contributed by atoms with E-state index in [4.69, 9.17) is 23.7 Å². The Labute approximate surface area is 250 Å². The molecule has 0 amide bonds. The van der Waals surface area contributed by atoms with Gasteiger partial charge in [0.1, 0.15) is 17.2 Å². The van der Waals surface area contributed by atoms with Gasteiger partial charge in [-0.25, -0.2) is 14.4 Å². The van der Waals surface area contributed by atoms with E-state index in [1.54, 1.807) is 72.8 Å². The highest BCUT2D eigenvalue weighted by Gasteiger charge is 2.12. The van der Waals surface area contributed by atoms with Crippen LogP contribution in [0.3, 0.4) is 0 Å². The molecule has 43 heavy (non-hydrogen) atoms. The van der Waals surface area contributed by atoms with Crippen LogP contribution in [0.15, 0.2) is 98.1 Å². The highest BCUT2D eigenvalue weighted by Crippen LogP contribution is 2.20. The van der Waals surface area contributed by atoms with Gasteiger partial charge in [-0.05, 0) is 98.5 Å². The van der Waals surface area contributed by atoms with Gasteiger partial charge in [-0.3, -0.25) is 4.79 Å². The van der Waals surface area contributed by atoms with E-state index in [1.165, 1.54) is 0 Å². The molecule has 0 unspecified atom stereocenters. The minimum absolute atomic E-state index is 0.179. The normalized spacial score (nSPS) is 10.2. The molecule has 0 saturated carbocycles. The van der Waals surface area contributed by atoms with Gasteiger partial charge in [-0.2, -0.15) is 0 Å². The van der Waals surface area contributed by atoms with Crippen molar-refractivity contribution in [3.63, 3.8) is 0 Å². The van der Waals surface area contributed by atoms with E-state index < -0.39 is 17.9 Å². The average Bonchev–Trinajstić information content (AvgIpc) is 3.04. The predicted molar refractivity (Wildman–Crippen MR) is 159 cm³/mol. The molecule has 9 heteroatoms. The first kappa shape index (κ1) is 32.3. The third-order valence-electron chi connectivity index (χ3n) is 5.97. The summed E-state index contributed by atoms with van der Waals surface area (Å²) in [5, 5.41) is 0. The summed E-state index contributed by atoms with van der Waals surface area (Å²) in [5.74, 6) is -0.0680. The Morgan fingerprint density at radius 2 is 0.884 bits per heavy atom. The molecule has 0 radical (unpaired) electrons. The second-order valence-electron chi connectivity index (χ2n) is 9.15. The summed E-state index contributed by atoms with van der Waals surface area (Å²) in [6.45, 7) is 8.19. The van der Waals surface area contributed by atoms with Gasteiger partial charge in [0.25, 0.3) is 0 Å². The lowest BCUT2D eigenvalue weighted by atomic mass is 10.0. The third-order valence-corrected chi connectivity index (χ3v) is 5.97. The molecule has 0 bridgehead atoms. The first-order chi connectivity index (χ1) is 20.9. The Bertz CT molecular complexity index is 1370. The van der Waals surface area contributed by atoms with Crippen LogP contribution in [-0.2, 0) is 19.1 Å². The zero-order valence-corrected chi connectivity index (χ0v) is 23.8. The Hall–Kier alpha value is -5.18. The van der Waals surface area contributed by atoms with E-state index >= 15 is 0 Å². The maximum atomic E-state index is 12.9. The molecule has 0 saturated heterocycles. The van der Waals surface area contributed by atoms with Gasteiger partial charge in [0.15, 0.2) is 5.78 Å². The summed E-state index contributed by atoms with van der Waals surface area (Å²) < 4.78 is 26.6. The molecule has 0 aliphatic carbocycles. The molecule has 0 heterocycles. The number of hydrogen-bond donors (Lipinski definition) is 0. The number of esters is 3. The van der Waals surface area contributed by atoms with E-state index in [2.05, 4.69) is 13.2 Å². The number of ether oxygens (including phenoxy) is 5. The fourth-order valence-corrected chi connectivity index (χ4v) is 3.65. The van der Waals surface area contributed by atoms with Gasteiger partial charge in [-0.15, -0.1) is 0 Å². The second-order valence-corrected chi connectivity index (χ2v) is 9.15. The molecule has 0 aliphatic rings. The summed E-state index contributed by atoms with van der Waals surface area (Å²) in [4.78, 5) is 47.5. The minimum atomic E-state index is -0.539. The zero-order valence-electron chi connectivity index (χ0n) is 23.8. The van der Waals surface area contributed by atoms with Crippen LogP contribution in [0.1, 0.15) is 52.0 Å². The third kappa shape index (κ3) is 11.3. The molecule has 0 atom stereocenters. The molecule has 3 rings (SSSR count). The number of hydrogen-bond acceptors (Lipinski definition) is 9. The van der Waals surface area contributed by atoms with Gasteiger partial charge in [-0.1, -0.05) is 13.2 Å². The Kier molecular flexibility index (Phi) is 13.2. The first-order valence-corrected chi connectivity index (χ1v) is 13.8. The maximum absolute atomic E-state index is 12.9. The number of carbonyl (C=O) groups excluding carboxylic acids is 4. The van der Waals surface area contributed by atoms with Crippen molar-refractivity contribution in [1.82, 2.24) is 0 Å². The van der Waals surface area contributed by atoms with Crippen molar-refractivity contribution in [3.05, 3.63) is 115 Å². The summed E-state index contributed by atoms with van der Waals surface area (Å²) in [5.41, 5.74) is 1.29. The summed E-state index contributed by atoms with van der Waals surface area (Å²) in [6.07, 6.45) is 4.99. The second kappa shape index (κ2) is 17.6. The highest BCUT2D eigenvalue weighted by atomic mass is 16.5.